The zero-order chi connectivity index (χ0) is 17.3. The van der Waals surface area contributed by atoms with Crippen LogP contribution in [0.1, 0.15) is 60.3 Å². The van der Waals surface area contributed by atoms with Crippen LogP contribution in [-0.4, -0.2) is 51.0 Å². The number of nitrogens with zero attached hydrogens (tertiary/aromatic N) is 1. The number of ether oxygens (including phenoxy) is 2. The number of rotatable bonds is 7. The van der Waals surface area contributed by atoms with Crippen molar-refractivity contribution < 1.29 is 9.47 Å². The summed E-state index contributed by atoms with van der Waals surface area (Å²) in [7, 11) is 1.78. The molecule has 1 aliphatic heterocycles. The highest BCUT2D eigenvalue weighted by atomic mass is 16.5. The molecular weight excluding hydrogens is 290 g/mol. The van der Waals surface area contributed by atoms with Crippen LogP contribution >= 0.6 is 0 Å². The van der Waals surface area contributed by atoms with E-state index in [9.17, 15) is 0 Å². The predicted octanol–water partition coefficient (Wildman–Crippen LogP) is 2.95. The molecule has 1 atom stereocenters. The van der Waals surface area contributed by atoms with Crippen molar-refractivity contribution in [2.24, 2.45) is 10.4 Å². The standard InChI is InChI=1S/C18H37N3O2/c1-7-19-16(21-15(2)8-9-17(3,4)5)20-14-18(22-6)10-12-23-13-11-18/h15H,7-14H2,1-6H3,(H2,19,20,21). The Hall–Kier alpha value is -0.810. The van der Waals surface area contributed by atoms with Crippen molar-refractivity contribution in [2.45, 2.75) is 71.9 Å². The molecule has 0 amide bonds. The van der Waals surface area contributed by atoms with Gasteiger partial charge >= 0.3 is 0 Å². The summed E-state index contributed by atoms with van der Waals surface area (Å²) >= 11 is 0. The Labute approximate surface area is 142 Å². The SMILES string of the molecule is CCNC(=NCC1(OC)CCOCC1)NC(C)CCC(C)(C)C. The van der Waals surface area contributed by atoms with Crippen LogP contribution in [0.3, 0.4) is 0 Å². The molecule has 1 saturated heterocycles. The normalized spacial score (nSPS) is 20.2. The fraction of sp³-hybridized carbons (Fsp3) is 0.944. The Morgan fingerprint density at radius 2 is 1.96 bits per heavy atom. The van der Waals surface area contributed by atoms with Crippen molar-refractivity contribution in [1.29, 1.82) is 0 Å². The third kappa shape index (κ3) is 8.02. The van der Waals surface area contributed by atoms with Gasteiger partial charge in [0.1, 0.15) is 0 Å². The molecule has 0 bridgehead atoms. The molecule has 0 aromatic carbocycles. The Bertz CT molecular complexity index is 358. The third-order valence-electron chi connectivity index (χ3n) is 4.42. The van der Waals surface area contributed by atoms with Crippen molar-refractivity contribution in [3.8, 4) is 0 Å². The summed E-state index contributed by atoms with van der Waals surface area (Å²) in [5.41, 5.74) is 0.197. The van der Waals surface area contributed by atoms with Crippen LogP contribution in [-0.2, 0) is 9.47 Å². The van der Waals surface area contributed by atoms with Crippen LogP contribution in [0, 0.1) is 5.41 Å². The average molecular weight is 328 g/mol. The van der Waals surface area contributed by atoms with Gasteiger partial charge in [0.25, 0.3) is 0 Å². The highest BCUT2D eigenvalue weighted by molar-refractivity contribution is 5.80. The smallest absolute Gasteiger partial charge is 0.191 e. The highest BCUT2D eigenvalue weighted by Crippen LogP contribution is 2.25. The van der Waals surface area contributed by atoms with Crippen molar-refractivity contribution in [3.05, 3.63) is 0 Å². The van der Waals surface area contributed by atoms with Crippen molar-refractivity contribution in [2.75, 3.05) is 33.4 Å². The van der Waals surface area contributed by atoms with E-state index in [2.05, 4.69) is 45.3 Å². The molecule has 2 N–H and O–H groups in total. The summed E-state index contributed by atoms with van der Waals surface area (Å²) in [5, 5.41) is 6.87. The first-order valence-corrected chi connectivity index (χ1v) is 8.98. The molecule has 136 valence electrons. The van der Waals surface area contributed by atoms with Crippen LogP contribution in [0.25, 0.3) is 0 Å². The van der Waals surface area contributed by atoms with Crippen LogP contribution in [0.5, 0.6) is 0 Å². The van der Waals surface area contributed by atoms with E-state index in [0.29, 0.717) is 18.0 Å². The number of nitrogens with one attached hydrogen (secondary N) is 2. The molecule has 1 aliphatic rings. The highest BCUT2D eigenvalue weighted by Gasteiger charge is 2.32. The van der Waals surface area contributed by atoms with Gasteiger partial charge in [-0.2, -0.15) is 0 Å². The number of guanidine groups is 1. The Morgan fingerprint density at radius 1 is 1.30 bits per heavy atom. The van der Waals surface area contributed by atoms with Gasteiger partial charge in [-0.1, -0.05) is 20.8 Å². The monoisotopic (exact) mass is 327 g/mol. The fourth-order valence-electron chi connectivity index (χ4n) is 2.67. The van der Waals surface area contributed by atoms with E-state index in [-0.39, 0.29) is 5.60 Å². The molecule has 0 aliphatic carbocycles. The van der Waals surface area contributed by atoms with Gasteiger partial charge in [-0.05, 0) is 32.1 Å². The Kier molecular flexibility index (Phi) is 8.34. The van der Waals surface area contributed by atoms with E-state index >= 15 is 0 Å². The molecule has 1 rings (SSSR count). The first kappa shape index (κ1) is 20.2. The topological polar surface area (TPSA) is 54.9 Å². The van der Waals surface area contributed by atoms with Gasteiger partial charge in [-0.25, -0.2) is 0 Å². The van der Waals surface area contributed by atoms with Gasteiger partial charge in [0.15, 0.2) is 5.96 Å². The van der Waals surface area contributed by atoms with Gasteiger partial charge < -0.3 is 20.1 Å². The lowest BCUT2D eigenvalue weighted by Crippen LogP contribution is -2.45. The predicted molar refractivity (Wildman–Crippen MR) is 97.1 cm³/mol. The van der Waals surface area contributed by atoms with Gasteiger partial charge in [-0.3, -0.25) is 4.99 Å². The van der Waals surface area contributed by atoms with Gasteiger partial charge in [0.05, 0.1) is 12.1 Å². The lowest BCUT2D eigenvalue weighted by atomic mass is 9.89. The summed E-state index contributed by atoms with van der Waals surface area (Å²) < 4.78 is 11.2. The molecule has 0 radical (unpaired) electrons. The Balaban J connectivity index is 2.58. The average Bonchev–Trinajstić information content (AvgIpc) is 2.51. The minimum atomic E-state index is -0.171. The third-order valence-corrected chi connectivity index (χ3v) is 4.42. The molecular formula is C18H37N3O2. The van der Waals surface area contributed by atoms with Gasteiger partial charge in [0.2, 0.25) is 0 Å². The summed E-state index contributed by atoms with van der Waals surface area (Å²) in [5.74, 6) is 0.886. The first-order chi connectivity index (χ1) is 10.8. The van der Waals surface area contributed by atoms with Crippen LogP contribution in [0.15, 0.2) is 4.99 Å². The lowest BCUT2D eigenvalue weighted by Gasteiger charge is -2.34. The van der Waals surface area contributed by atoms with E-state index in [0.717, 1.165) is 45.0 Å². The number of aliphatic imine (C=N–C) groups is 1. The van der Waals surface area contributed by atoms with Crippen LogP contribution in [0.2, 0.25) is 0 Å². The first-order valence-electron chi connectivity index (χ1n) is 8.98. The van der Waals surface area contributed by atoms with E-state index in [1.807, 2.05) is 0 Å². The van der Waals surface area contributed by atoms with Crippen LogP contribution in [0.4, 0.5) is 0 Å². The van der Waals surface area contributed by atoms with Gasteiger partial charge in [0, 0.05) is 45.8 Å². The van der Waals surface area contributed by atoms with Crippen molar-refractivity contribution in [3.63, 3.8) is 0 Å². The fourth-order valence-corrected chi connectivity index (χ4v) is 2.67. The number of hydrogen-bond acceptors (Lipinski definition) is 3. The maximum Gasteiger partial charge on any atom is 0.191 e. The molecule has 1 unspecified atom stereocenters. The molecule has 0 spiro atoms. The molecule has 23 heavy (non-hydrogen) atoms. The zero-order valence-corrected chi connectivity index (χ0v) is 16.0. The summed E-state index contributed by atoms with van der Waals surface area (Å²) in [4.78, 5) is 4.78. The zero-order valence-electron chi connectivity index (χ0n) is 16.0. The summed E-state index contributed by atoms with van der Waals surface area (Å²) in [6.45, 7) is 14.2. The second-order valence-electron chi connectivity index (χ2n) is 7.84. The quantitative estimate of drug-likeness (QED) is 0.557. The van der Waals surface area contributed by atoms with Crippen molar-refractivity contribution >= 4 is 5.96 Å². The minimum absolute atomic E-state index is 0.171. The van der Waals surface area contributed by atoms with Crippen LogP contribution < -0.4 is 10.6 Å². The molecule has 0 saturated carbocycles. The number of hydrogen-bond donors (Lipinski definition) is 2. The molecule has 0 aromatic heterocycles. The Morgan fingerprint density at radius 3 is 2.48 bits per heavy atom. The molecule has 1 heterocycles. The lowest BCUT2D eigenvalue weighted by molar-refractivity contribution is -0.0828. The van der Waals surface area contributed by atoms with E-state index < -0.39 is 0 Å². The largest absolute Gasteiger partial charge is 0.381 e. The number of methoxy groups -OCH3 is 1. The molecule has 5 nitrogen and oxygen atoms in total. The molecule has 0 aromatic rings. The molecule has 5 heteroatoms. The second-order valence-corrected chi connectivity index (χ2v) is 7.84. The summed E-state index contributed by atoms with van der Waals surface area (Å²) in [6.07, 6.45) is 4.15. The van der Waals surface area contributed by atoms with Gasteiger partial charge in [-0.15, -0.1) is 0 Å². The van der Waals surface area contributed by atoms with E-state index in [1.165, 1.54) is 6.42 Å². The molecule has 1 fully saturated rings. The minimum Gasteiger partial charge on any atom is -0.381 e. The maximum absolute atomic E-state index is 5.76. The van der Waals surface area contributed by atoms with E-state index in [4.69, 9.17) is 14.5 Å². The van der Waals surface area contributed by atoms with Crippen molar-refractivity contribution in [1.82, 2.24) is 10.6 Å². The second kappa shape index (κ2) is 9.48. The summed E-state index contributed by atoms with van der Waals surface area (Å²) in [6, 6.07) is 0.403. The maximum atomic E-state index is 5.76. The van der Waals surface area contributed by atoms with E-state index in [1.54, 1.807) is 7.11 Å².